The Morgan fingerprint density at radius 3 is 2.71 bits per heavy atom. The van der Waals surface area contributed by atoms with E-state index >= 15 is 0 Å². The van der Waals surface area contributed by atoms with E-state index in [9.17, 15) is 9.59 Å². The smallest absolute Gasteiger partial charge is 0.254 e. The molecule has 1 saturated carbocycles. The van der Waals surface area contributed by atoms with Gasteiger partial charge in [0.25, 0.3) is 5.91 Å². The fraction of sp³-hybridized carbons (Fsp3) is 0.500. The summed E-state index contributed by atoms with van der Waals surface area (Å²) in [6.07, 6.45) is 7.35. The van der Waals surface area contributed by atoms with Gasteiger partial charge in [-0.25, -0.2) is 0 Å². The number of amides is 2. The molecule has 2 fully saturated rings. The van der Waals surface area contributed by atoms with Gasteiger partial charge in [-0.1, -0.05) is 31.9 Å². The molecule has 2 aliphatic rings. The van der Waals surface area contributed by atoms with Gasteiger partial charge in [-0.05, 0) is 37.0 Å². The molecule has 0 bridgehead atoms. The van der Waals surface area contributed by atoms with Crippen molar-refractivity contribution < 1.29 is 9.59 Å². The number of rotatable bonds is 4. The van der Waals surface area contributed by atoms with Crippen LogP contribution in [0.5, 0.6) is 0 Å². The van der Waals surface area contributed by atoms with Gasteiger partial charge in [0.1, 0.15) is 6.54 Å². The van der Waals surface area contributed by atoms with Crippen LogP contribution in [0.4, 0.5) is 0 Å². The van der Waals surface area contributed by atoms with Gasteiger partial charge < -0.3 is 9.80 Å². The summed E-state index contributed by atoms with van der Waals surface area (Å²) in [5.74, 6) is 0.0198. The number of piperazine rings is 1. The normalized spacial score (nSPS) is 18.1. The van der Waals surface area contributed by atoms with E-state index < -0.39 is 0 Å². The summed E-state index contributed by atoms with van der Waals surface area (Å²) in [6, 6.07) is 8.06. The maximum absolute atomic E-state index is 13.1. The fourth-order valence-corrected chi connectivity index (χ4v) is 4.59. The molecule has 1 saturated heterocycles. The Balaban J connectivity index is 1.50. The third-order valence-electron chi connectivity index (χ3n) is 6.13. The zero-order valence-electron chi connectivity index (χ0n) is 16.7. The third-order valence-corrected chi connectivity index (χ3v) is 6.13. The predicted octanol–water partition coefficient (Wildman–Crippen LogP) is 2.88. The monoisotopic (exact) mass is 380 g/mol. The number of aryl methyl sites for hydroxylation is 1. The summed E-state index contributed by atoms with van der Waals surface area (Å²) in [5, 5.41) is 4.36. The van der Waals surface area contributed by atoms with Crippen LogP contribution in [-0.4, -0.2) is 57.1 Å². The molecule has 0 atom stereocenters. The zero-order valence-corrected chi connectivity index (χ0v) is 16.7. The highest BCUT2D eigenvalue weighted by atomic mass is 16.2. The van der Waals surface area contributed by atoms with Crippen LogP contribution in [0.15, 0.2) is 30.5 Å². The average molecular weight is 380 g/mol. The van der Waals surface area contributed by atoms with E-state index in [0.717, 1.165) is 36.1 Å². The molecule has 2 aromatic rings. The lowest BCUT2D eigenvalue weighted by Crippen LogP contribution is -2.54. The SMILES string of the molecule is CCc1c(-c2cccc(C(=O)N3CCN(C4CCCC4)C(=O)C3)c2)cnn1C. The minimum absolute atomic E-state index is 0.0665. The van der Waals surface area contributed by atoms with Crippen molar-refractivity contribution >= 4 is 11.8 Å². The molecule has 2 amide bonds. The maximum Gasteiger partial charge on any atom is 0.254 e. The minimum Gasteiger partial charge on any atom is -0.336 e. The van der Waals surface area contributed by atoms with Gasteiger partial charge in [0, 0.05) is 43.0 Å². The van der Waals surface area contributed by atoms with Crippen LogP contribution in [0.1, 0.15) is 48.7 Å². The van der Waals surface area contributed by atoms with Crippen molar-refractivity contribution in [1.29, 1.82) is 0 Å². The van der Waals surface area contributed by atoms with Crippen LogP contribution < -0.4 is 0 Å². The first-order valence-electron chi connectivity index (χ1n) is 10.3. The van der Waals surface area contributed by atoms with Gasteiger partial charge in [0.05, 0.1) is 6.20 Å². The molecular formula is C22H28N4O2. The average Bonchev–Trinajstić information content (AvgIpc) is 3.37. The molecule has 0 spiro atoms. The summed E-state index contributed by atoms with van der Waals surface area (Å²) in [6.45, 7) is 3.55. The highest BCUT2D eigenvalue weighted by Gasteiger charge is 2.33. The number of benzene rings is 1. The second kappa shape index (κ2) is 7.78. The molecule has 1 aromatic carbocycles. The van der Waals surface area contributed by atoms with Gasteiger partial charge in [-0.2, -0.15) is 5.10 Å². The predicted molar refractivity (Wildman–Crippen MR) is 108 cm³/mol. The van der Waals surface area contributed by atoms with E-state index in [1.807, 2.05) is 47.1 Å². The van der Waals surface area contributed by atoms with Crippen molar-refractivity contribution in [2.45, 2.75) is 45.1 Å². The Hall–Kier alpha value is -2.63. The van der Waals surface area contributed by atoms with Crippen molar-refractivity contribution in [3.8, 4) is 11.1 Å². The van der Waals surface area contributed by atoms with Crippen LogP contribution in [0.3, 0.4) is 0 Å². The molecule has 4 rings (SSSR count). The zero-order chi connectivity index (χ0) is 19.7. The van der Waals surface area contributed by atoms with Gasteiger partial charge in [0.2, 0.25) is 5.91 Å². The number of aromatic nitrogens is 2. The minimum atomic E-state index is -0.0665. The van der Waals surface area contributed by atoms with Crippen molar-refractivity contribution in [3.63, 3.8) is 0 Å². The van der Waals surface area contributed by atoms with Crippen molar-refractivity contribution in [2.75, 3.05) is 19.6 Å². The third kappa shape index (κ3) is 3.43. The quantitative estimate of drug-likeness (QED) is 0.820. The van der Waals surface area contributed by atoms with Gasteiger partial charge in [-0.3, -0.25) is 14.3 Å². The van der Waals surface area contributed by atoms with E-state index in [0.29, 0.717) is 24.7 Å². The Kier molecular flexibility index (Phi) is 5.20. The lowest BCUT2D eigenvalue weighted by atomic mass is 10.0. The molecule has 6 heteroatoms. The number of hydrogen-bond acceptors (Lipinski definition) is 3. The standard InChI is InChI=1S/C22H28N4O2/c1-3-20-19(14-23-24(20)2)16-7-6-8-17(13-16)22(28)25-11-12-26(21(27)15-25)18-9-4-5-10-18/h6-8,13-14,18H,3-5,9-12,15H2,1-2H3. The molecular weight excluding hydrogens is 352 g/mol. The topological polar surface area (TPSA) is 58.4 Å². The lowest BCUT2D eigenvalue weighted by molar-refractivity contribution is -0.137. The second-order valence-electron chi connectivity index (χ2n) is 7.82. The first-order chi connectivity index (χ1) is 13.6. The maximum atomic E-state index is 13.1. The molecule has 1 aliphatic heterocycles. The molecule has 0 radical (unpaired) electrons. The van der Waals surface area contributed by atoms with Crippen LogP contribution in [-0.2, 0) is 18.3 Å². The summed E-state index contributed by atoms with van der Waals surface area (Å²) >= 11 is 0. The Labute approximate surface area is 166 Å². The van der Waals surface area contributed by atoms with Crippen LogP contribution >= 0.6 is 0 Å². The van der Waals surface area contributed by atoms with E-state index in [2.05, 4.69) is 12.0 Å². The molecule has 148 valence electrons. The van der Waals surface area contributed by atoms with Gasteiger partial charge >= 0.3 is 0 Å². The van der Waals surface area contributed by atoms with E-state index in [1.54, 1.807) is 4.90 Å². The highest BCUT2D eigenvalue weighted by molar-refractivity contribution is 5.98. The Morgan fingerprint density at radius 2 is 2.00 bits per heavy atom. The summed E-state index contributed by atoms with van der Waals surface area (Å²) in [5.41, 5.74) is 3.82. The first kappa shape index (κ1) is 18.7. The molecule has 6 nitrogen and oxygen atoms in total. The number of nitrogens with zero attached hydrogens (tertiary/aromatic N) is 4. The van der Waals surface area contributed by atoms with Gasteiger partial charge in [-0.15, -0.1) is 0 Å². The van der Waals surface area contributed by atoms with Crippen molar-refractivity contribution in [2.24, 2.45) is 7.05 Å². The molecule has 2 heterocycles. The van der Waals surface area contributed by atoms with E-state index in [-0.39, 0.29) is 18.4 Å². The highest BCUT2D eigenvalue weighted by Crippen LogP contribution is 2.27. The number of hydrogen-bond donors (Lipinski definition) is 0. The van der Waals surface area contributed by atoms with Crippen LogP contribution in [0, 0.1) is 0 Å². The Bertz CT molecular complexity index is 882. The Morgan fingerprint density at radius 1 is 1.21 bits per heavy atom. The molecule has 1 aliphatic carbocycles. The molecule has 0 unspecified atom stereocenters. The van der Waals surface area contributed by atoms with Crippen molar-refractivity contribution in [3.05, 3.63) is 41.7 Å². The van der Waals surface area contributed by atoms with E-state index in [4.69, 9.17) is 0 Å². The van der Waals surface area contributed by atoms with Crippen LogP contribution in [0.25, 0.3) is 11.1 Å². The number of carbonyl (C=O) groups is 2. The molecule has 28 heavy (non-hydrogen) atoms. The van der Waals surface area contributed by atoms with Crippen LogP contribution in [0.2, 0.25) is 0 Å². The summed E-state index contributed by atoms with van der Waals surface area (Å²) in [7, 11) is 1.94. The largest absolute Gasteiger partial charge is 0.336 e. The number of carbonyl (C=O) groups excluding carboxylic acids is 2. The summed E-state index contributed by atoms with van der Waals surface area (Å²) < 4.78 is 1.88. The fourth-order valence-electron chi connectivity index (χ4n) is 4.59. The van der Waals surface area contributed by atoms with E-state index in [1.165, 1.54) is 12.8 Å². The lowest BCUT2D eigenvalue weighted by Gasteiger charge is -2.37. The second-order valence-corrected chi connectivity index (χ2v) is 7.82. The molecule has 0 N–H and O–H groups in total. The first-order valence-corrected chi connectivity index (χ1v) is 10.3. The summed E-state index contributed by atoms with van der Waals surface area (Å²) in [4.78, 5) is 29.4. The van der Waals surface area contributed by atoms with Gasteiger partial charge in [0.15, 0.2) is 0 Å². The van der Waals surface area contributed by atoms with Crippen molar-refractivity contribution in [1.82, 2.24) is 19.6 Å². The molecule has 1 aromatic heterocycles.